The van der Waals surface area contributed by atoms with Gasteiger partial charge in [0, 0.05) is 30.8 Å². The number of nitrogens with zero attached hydrogens (tertiary/aromatic N) is 4. The van der Waals surface area contributed by atoms with E-state index in [1.165, 1.54) is 0 Å². The van der Waals surface area contributed by atoms with Crippen molar-refractivity contribution < 1.29 is 9.59 Å². The van der Waals surface area contributed by atoms with E-state index in [2.05, 4.69) is 32.1 Å². The number of aromatic nitrogens is 3. The quantitative estimate of drug-likeness (QED) is 0.511. The molecule has 7 nitrogen and oxygen atoms in total. The van der Waals surface area contributed by atoms with Gasteiger partial charge in [0.2, 0.25) is 5.91 Å². The van der Waals surface area contributed by atoms with Gasteiger partial charge in [-0.05, 0) is 55.4 Å². The molecule has 1 amide bonds. The number of amides is 1. The molecule has 3 heterocycles. The molecule has 1 unspecified atom stereocenters. The number of carbonyl (C=O) groups excluding carboxylic acids is 2. The third-order valence-electron chi connectivity index (χ3n) is 7.03. The molecule has 1 N–H and O–H groups in total. The van der Waals surface area contributed by atoms with E-state index in [-0.39, 0.29) is 24.0 Å². The number of ketones is 1. The van der Waals surface area contributed by atoms with E-state index >= 15 is 0 Å². The van der Waals surface area contributed by atoms with Crippen LogP contribution in [0.3, 0.4) is 0 Å². The minimum Gasteiger partial charge on any atom is -0.370 e. The van der Waals surface area contributed by atoms with Gasteiger partial charge in [-0.3, -0.25) is 9.59 Å². The first-order valence-corrected chi connectivity index (χ1v) is 12.3. The number of carbonyl (C=O) groups is 2. The Balaban J connectivity index is 1.30. The molecule has 0 radical (unpaired) electrons. The fourth-order valence-electron chi connectivity index (χ4n) is 4.67. The zero-order chi connectivity index (χ0) is 24.8. The normalized spacial score (nSPS) is 15.0. The summed E-state index contributed by atoms with van der Waals surface area (Å²) < 4.78 is 0. The molecule has 1 aliphatic rings. The molecule has 35 heavy (non-hydrogen) atoms. The summed E-state index contributed by atoms with van der Waals surface area (Å²) in [5.41, 5.74) is 5.02. The summed E-state index contributed by atoms with van der Waals surface area (Å²) in [7, 11) is 0. The van der Waals surface area contributed by atoms with Gasteiger partial charge in [0.05, 0.1) is 24.0 Å². The van der Waals surface area contributed by atoms with Crippen molar-refractivity contribution in [3.63, 3.8) is 0 Å². The van der Waals surface area contributed by atoms with Crippen LogP contribution in [0.15, 0.2) is 55.1 Å². The van der Waals surface area contributed by atoms with Gasteiger partial charge in [0.25, 0.3) is 0 Å². The molecule has 4 rings (SSSR count). The van der Waals surface area contributed by atoms with Crippen LogP contribution >= 0.6 is 0 Å². The monoisotopic (exact) mass is 471 g/mol. The van der Waals surface area contributed by atoms with Crippen LogP contribution in [0.5, 0.6) is 0 Å². The molecule has 1 aromatic carbocycles. The first kappa shape index (κ1) is 24.5. The Morgan fingerprint density at radius 2 is 1.80 bits per heavy atom. The Kier molecular flexibility index (Phi) is 7.85. The molecule has 1 atom stereocenters. The van der Waals surface area contributed by atoms with Gasteiger partial charge in [-0.15, -0.1) is 0 Å². The number of benzene rings is 1. The molecule has 1 aliphatic heterocycles. The highest BCUT2D eigenvalue weighted by Gasteiger charge is 2.26. The Labute approximate surface area is 207 Å². The number of Topliss-reactive ketones (excluding diaryl/α,β-unsaturated/α-hetero) is 1. The number of piperidine rings is 1. The lowest BCUT2D eigenvalue weighted by atomic mass is 9.83. The smallest absolute Gasteiger partial charge is 0.229 e. The van der Waals surface area contributed by atoms with E-state index in [0.717, 1.165) is 60.4 Å². The van der Waals surface area contributed by atoms with Crippen molar-refractivity contribution in [2.75, 3.05) is 23.3 Å². The summed E-state index contributed by atoms with van der Waals surface area (Å²) in [6, 6.07) is 11.8. The van der Waals surface area contributed by atoms with Gasteiger partial charge in [0.15, 0.2) is 0 Å². The molecule has 0 aliphatic carbocycles. The molecule has 1 saturated heterocycles. The van der Waals surface area contributed by atoms with Gasteiger partial charge >= 0.3 is 0 Å². The lowest BCUT2D eigenvalue weighted by Crippen LogP contribution is -2.37. The zero-order valence-corrected chi connectivity index (χ0v) is 20.7. The number of rotatable bonds is 8. The SMILES string of the molecule is CCc1cncnc1-c1ccc(CC(=O)Nc2ccc(N3CCC(C(C)C(C)=O)CC3)cn2)cc1. The molecule has 0 spiro atoms. The maximum absolute atomic E-state index is 12.6. The maximum Gasteiger partial charge on any atom is 0.229 e. The Hall–Kier alpha value is -3.61. The highest BCUT2D eigenvalue weighted by molar-refractivity contribution is 5.91. The van der Waals surface area contributed by atoms with Gasteiger partial charge in [-0.1, -0.05) is 38.1 Å². The largest absolute Gasteiger partial charge is 0.370 e. The van der Waals surface area contributed by atoms with E-state index in [4.69, 9.17) is 0 Å². The lowest BCUT2D eigenvalue weighted by molar-refractivity contribution is -0.122. The van der Waals surface area contributed by atoms with E-state index in [0.29, 0.717) is 11.7 Å². The van der Waals surface area contributed by atoms with Crippen molar-refractivity contribution in [2.45, 2.75) is 46.5 Å². The third kappa shape index (κ3) is 6.10. The van der Waals surface area contributed by atoms with Gasteiger partial charge < -0.3 is 10.2 Å². The zero-order valence-electron chi connectivity index (χ0n) is 20.7. The van der Waals surface area contributed by atoms with Gasteiger partial charge in [-0.25, -0.2) is 15.0 Å². The van der Waals surface area contributed by atoms with Gasteiger partial charge in [0.1, 0.15) is 17.9 Å². The minimum atomic E-state index is -0.103. The fourth-order valence-corrected chi connectivity index (χ4v) is 4.67. The van der Waals surface area contributed by atoms with Crippen LogP contribution in [-0.4, -0.2) is 39.7 Å². The number of hydrogen-bond donors (Lipinski definition) is 1. The van der Waals surface area contributed by atoms with Crippen molar-refractivity contribution in [1.29, 1.82) is 0 Å². The molecule has 0 saturated carbocycles. The highest BCUT2D eigenvalue weighted by Crippen LogP contribution is 2.28. The van der Waals surface area contributed by atoms with Crippen LogP contribution < -0.4 is 10.2 Å². The number of aryl methyl sites for hydroxylation is 1. The summed E-state index contributed by atoms with van der Waals surface area (Å²) in [4.78, 5) is 39.5. The molecule has 182 valence electrons. The lowest BCUT2D eigenvalue weighted by Gasteiger charge is -2.35. The van der Waals surface area contributed by atoms with Crippen LogP contribution in [0, 0.1) is 11.8 Å². The first-order chi connectivity index (χ1) is 16.9. The van der Waals surface area contributed by atoms with E-state index < -0.39 is 0 Å². The van der Waals surface area contributed by atoms with Crippen LogP contribution in [0.4, 0.5) is 11.5 Å². The molecule has 2 aromatic heterocycles. The topological polar surface area (TPSA) is 88.1 Å². The standard InChI is InChI=1S/C28H33N5O2/c1-4-22-16-29-18-31-28(22)24-7-5-21(6-8-24)15-27(35)32-26-10-9-25(17-30-26)33-13-11-23(12-14-33)19(2)20(3)34/h5-10,16-19,23H,4,11-15H2,1-3H3,(H,30,32,35). The molecular formula is C28H33N5O2. The second-order valence-electron chi connectivity index (χ2n) is 9.30. The number of nitrogens with one attached hydrogen (secondary N) is 1. The van der Waals surface area contributed by atoms with Crippen molar-refractivity contribution in [3.8, 4) is 11.3 Å². The minimum absolute atomic E-state index is 0.103. The summed E-state index contributed by atoms with van der Waals surface area (Å²) in [6.07, 6.45) is 8.37. The average molecular weight is 472 g/mol. The van der Waals surface area contributed by atoms with E-state index in [9.17, 15) is 9.59 Å². The first-order valence-electron chi connectivity index (χ1n) is 12.3. The van der Waals surface area contributed by atoms with Crippen LogP contribution in [0.25, 0.3) is 11.3 Å². The summed E-state index contributed by atoms with van der Waals surface area (Å²) in [6.45, 7) is 7.64. The molecule has 7 heteroatoms. The van der Waals surface area contributed by atoms with Crippen molar-refractivity contribution >= 4 is 23.2 Å². The Bertz CT molecular complexity index is 1150. The van der Waals surface area contributed by atoms with Crippen LogP contribution in [0.1, 0.15) is 44.7 Å². The second-order valence-corrected chi connectivity index (χ2v) is 9.30. The summed E-state index contributed by atoms with van der Waals surface area (Å²) in [5.74, 6) is 1.30. The Morgan fingerprint density at radius 1 is 1.06 bits per heavy atom. The van der Waals surface area contributed by atoms with Crippen LogP contribution in [-0.2, 0) is 22.4 Å². The van der Waals surface area contributed by atoms with E-state index in [1.54, 1.807) is 13.3 Å². The second kappa shape index (κ2) is 11.2. The molecule has 0 bridgehead atoms. The molecular weight excluding hydrogens is 438 g/mol. The van der Waals surface area contributed by atoms with Crippen molar-refractivity contribution in [1.82, 2.24) is 15.0 Å². The number of anilines is 2. The van der Waals surface area contributed by atoms with Crippen LogP contribution in [0.2, 0.25) is 0 Å². The predicted molar refractivity (Wildman–Crippen MR) is 138 cm³/mol. The Morgan fingerprint density at radius 3 is 2.43 bits per heavy atom. The van der Waals surface area contributed by atoms with Gasteiger partial charge in [-0.2, -0.15) is 0 Å². The highest BCUT2D eigenvalue weighted by atomic mass is 16.1. The number of pyridine rings is 1. The van der Waals surface area contributed by atoms with E-state index in [1.807, 2.05) is 55.7 Å². The molecule has 3 aromatic rings. The third-order valence-corrected chi connectivity index (χ3v) is 7.03. The van der Waals surface area contributed by atoms with Crippen molar-refractivity contribution in [3.05, 3.63) is 66.2 Å². The fraction of sp³-hybridized carbons (Fsp3) is 0.393. The average Bonchev–Trinajstić information content (AvgIpc) is 2.89. The predicted octanol–water partition coefficient (Wildman–Crippen LogP) is 4.72. The molecule has 1 fully saturated rings. The summed E-state index contributed by atoms with van der Waals surface area (Å²) in [5, 5.41) is 2.89. The summed E-state index contributed by atoms with van der Waals surface area (Å²) >= 11 is 0. The maximum atomic E-state index is 12.6. The number of hydrogen-bond acceptors (Lipinski definition) is 6. The van der Waals surface area contributed by atoms with Crippen molar-refractivity contribution in [2.24, 2.45) is 11.8 Å².